The molecular formula is C34H32ClN3O5. The summed E-state index contributed by atoms with van der Waals surface area (Å²) in [4.78, 5) is 54.2. The summed E-state index contributed by atoms with van der Waals surface area (Å²) in [6.45, 7) is 1.64. The Kier molecular flexibility index (Phi) is 10.7. The number of carbonyl (C=O) groups is 4. The summed E-state index contributed by atoms with van der Waals surface area (Å²) >= 11 is 6.22. The Balaban J connectivity index is 1.47. The van der Waals surface area contributed by atoms with Crippen LogP contribution in [0.5, 0.6) is 0 Å². The van der Waals surface area contributed by atoms with E-state index in [1.54, 1.807) is 61.3 Å². The van der Waals surface area contributed by atoms with Gasteiger partial charge in [-0.25, -0.2) is 4.79 Å². The average Bonchev–Trinajstić information content (AvgIpc) is 3.03. The van der Waals surface area contributed by atoms with Gasteiger partial charge in [-0.2, -0.15) is 0 Å². The summed E-state index contributed by atoms with van der Waals surface area (Å²) in [5.41, 5.74) is 2.84. The van der Waals surface area contributed by atoms with Gasteiger partial charge < -0.3 is 15.0 Å². The lowest BCUT2D eigenvalue weighted by molar-refractivity contribution is -0.132. The molecule has 43 heavy (non-hydrogen) atoms. The molecule has 8 nitrogen and oxygen atoms in total. The summed E-state index contributed by atoms with van der Waals surface area (Å²) in [6, 6.07) is 29.9. The summed E-state index contributed by atoms with van der Waals surface area (Å²) in [6.07, 6.45) is -0.653. The predicted molar refractivity (Wildman–Crippen MR) is 166 cm³/mol. The van der Waals surface area contributed by atoms with Gasteiger partial charge in [-0.1, -0.05) is 103 Å². The third-order valence-corrected chi connectivity index (χ3v) is 7.17. The van der Waals surface area contributed by atoms with E-state index in [-0.39, 0.29) is 18.8 Å². The molecule has 4 aromatic carbocycles. The first-order valence-corrected chi connectivity index (χ1v) is 14.1. The van der Waals surface area contributed by atoms with Crippen LogP contribution in [-0.2, 0) is 27.4 Å². The van der Waals surface area contributed by atoms with Gasteiger partial charge >= 0.3 is 6.09 Å². The van der Waals surface area contributed by atoms with Crippen molar-refractivity contribution < 1.29 is 23.9 Å². The molecule has 4 rings (SSSR count). The molecule has 220 valence electrons. The third-order valence-electron chi connectivity index (χ3n) is 6.93. The fourth-order valence-corrected chi connectivity index (χ4v) is 4.58. The van der Waals surface area contributed by atoms with E-state index in [1.807, 2.05) is 66.7 Å². The van der Waals surface area contributed by atoms with Gasteiger partial charge in [0.1, 0.15) is 18.7 Å². The monoisotopic (exact) mass is 597 g/mol. The van der Waals surface area contributed by atoms with Crippen LogP contribution in [0.3, 0.4) is 0 Å². The number of carbonyl (C=O) groups excluding carboxylic acids is 4. The van der Waals surface area contributed by atoms with Crippen molar-refractivity contribution in [3.63, 3.8) is 0 Å². The second-order valence-electron chi connectivity index (χ2n) is 9.95. The van der Waals surface area contributed by atoms with Crippen LogP contribution >= 0.6 is 11.6 Å². The predicted octanol–water partition coefficient (Wildman–Crippen LogP) is 5.58. The quantitative estimate of drug-likeness (QED) is 0.219. The van der Waals surface area contributed by atoms with Crippen molar-refractivity contribution >= 4 is 41.0 Å². The van der Waals surface area contributed by atoms with Crippen molar-refractivity contribution in [3.8, 4) is 0 Å². The summed E-state index contributed by atoms with van der Waals surface area (Å²) in [7, 11) is 1.65. The Morgan fingerprint density at radius 1 is 0.791 bits per heavy atom. The highest BCUT2D eigenvalue weighted by Gasteiger charge is 2.28. The zero-order valence-electron chi connectivity index (χ0n) is 23.8. The van der Waals surface area contributed by atoms with E-state index < -0.39 is 30.0 Å². The number of ether oxygens (including phenoxy) is 1. The van der Waals surface area contributed by atoms with Crippen LogP contribution in [0.4, 0.5) is 10.5 Å². The fourth-order valence-electron chi connectivity index (χ4n) is 4.41. The van der Waals surface area contributed by atoms with Crippen LogP contribution < -0.4 is 15.5 Å². The minimum atomic E-state index is -1.09. The Hall–Kier alpha value is -4.95. The minimum absolute atomic E-state index is 0.0260. The molecule has 0 unspecified atom stereocenters. The van der Waals surface area contributed by atoms with E-state index >= 15 is 0 Å². The number of anilines is 1. The number of nitrogens with one attached hydrogen (secondary N) is 2. The standard InChI is InChI=1S/C34H32ClN3O5/c1-23(38(2)30-19-18-27(35)21-28(30)31(39)26-16-10-5-11-17-26)32(40)37-33(41)29(20-24-12-6-3-7-13-24)36-34(42)43-22-25-14-8-4-9-15-25/h3-19,21,23,29H,20,22H2,1-2H3,(H,36,42)(H,37,40,41)/t23-,29-/m0/s1. The smallest absolute Gasteiger partial charge is 0.408 e. The van der Waals surface area contributed by atoms with E-state index in [0.29, 0.717) is 21.8 Å². The zero-order valence-corrected chi connectivity index (χ0v) is 24.6. The Morgan fingerprint density at radius 2 is 1.37 bits per heavy atom. The minimum Gasteiger partial charge on any atom is -0.445 e. The molecule has 0 fully saturated rings. The summed E-state index contributed by atoms with van der Waals surface area (Å²) in [5.74, 6) is -1.56. The maximum absolute atomic E-state index is 13.3. The first kappa shape index (κ1) is 31.0. The van der Waals surface area contributed by atoms with Gasteiger partial charge in [0.2, 0.25) is 11.8 Å². The first-order chi connectivity index (χ1) is 20.7. The maximum Gasteiger partial charge on any atom is 0.408 e. The number of imide groups is 1. The van der Waals surface area contributed by atoms with Gasteiger partial charge in [0, 0.05) is 35.3 Å². The zero-order chi connectivity index (χ0) is 30.8. The van der Waals surface area contributed by atoms with E-state index in [4.69, 9.17) is 16.3 Å². The number of rotatable bonds is 11. The third kappa shape index (κ3) is 8.53. The van der Waals surface area contributed by atoms with E-state index in [2.05, 4.69) is 10.6 Å². The highest BCUT2D eigenvalue weighted by Crippen LogP contribution is 2.27. The summed E-state index contributed by atoms with van der Waals surface area (Å²) in [5, 5.41) is 5.38. The van der Waals surface area contributed by atoms with Crippen LogP contribution in [0.25, 0.3) is 0 Å². The number of ketones is 1. The molecule has 0 aliphatic carbocycles. The number of alkyl carbamates (subject to hydrolysis) is 1. The number of nitrogens with zero attached hydrogens (tertiary/aromatic N) is 1. The molecule has 2 N–H and O–H groups in total. The molecule has 4 aromatic rings. The van der Waals surface area contributed by atoms with Crippen molar-refractivity contribution in [3.05, 3.63) is 136 Å². The number of hydrogen-bond donors (Lipinski definition) is 2. The van der Waals surface area contributed by atoms with Gasteiger partial charge in [-0.05, 0) is 36.2 Å². The van der Waals surface area contributed by atoms with E-state index in [0.717, 1.165) is 11.1 Å². The molecule has 0 radical (unpaired) electrons. The molecule has 0 aliphatic rings. The first-order valence-electron chi connectivity index (χ1n) is 13.7. The SMILES string of the molecule is C[C@@H](C(=O)NC(=O)[C@H](Cc1ccccc1)NC(=O)OCc1ccccc1)N(C)c1ccc(Cl)cc1C(=O)c1ccccc1. The van der Waals surface area contributed by atoms with Crippen molar-refractivity contribution in [1.82, 2.24) is 10.6 Å². The molecular weight excluding hydrogens is 566 g/mol. The lowest BCUT2D eigenvalue weighted by Crippen LogP contribution is -2.53. The van der Waals surface area contributed by atoms with Crippen molar-refractivity contribution in [2.24, 2.45) is 0 Å². The molecule has 0 spiro atoms. The van der Waals surface area contributed by atoms with Crippen molar-refractivity contribution in [2.75, 3.05) is 11.9 Å². The molecule has 0 heterocycles. The topological polar surface area (TPSA) is 105 Å². The number of halogens is 1. The second-order valence-corrected chi connectivity index (χ2v) is 10.4. The Labute approximate surface area is 255 Å². The normalized spacial score (nSPS) is 12.0. The molecule has 9 heteroatoms. The number of likely N-dealkylation sites (N-methyl/N-ethyl adjacent to an activating group) is 1. The lowest BCUT2D eigenvalue weighted by atomic mass is 10.0. The van der Waals surface area contributed by atoms with E-state index in [9.17, 15) is 19.2 Å². The number of benzene rings is 4. The van der Waals surface area contributed by atoms with Crippen LogP contribution in [0, 0.1) is 0 Å². The van der Waals surface area contributed by atoms with E-state index in [1.165, 1.54) is 0 Å². The molecule has 0 saturated carbocycles. The summed E-state index contributed by atoms with van der Waals surface area (Å²) < 4.78 is 5.31. The highest BCUT2D eigenvalue weighted by molar-refractivity contribution is 6.31. The van der Waals surface area contributed by atoms with Crippen LogP contribution in [0.2, 0.25) is 5.02 Å². The Morgan fingerprint density at radius 3 is 2.00 bits per heavy atom. The fraction of sp³-hybridized carbons (Fsp3) is 0.176. The average molecular weight is 598 g/mol. The van der Waals surface area contributed by atoms with Crippen LogP contribution in [0.1, 0.15) is 34.0 Å². The van der Waals surface area contributed by atoms with Gasteiger partial charge in [-0.3, -0.25) is 19.7 Å². The molecule has 3 amide bonds. The lowest BCUT2D eigenvalue weighted by Gasteiger charge is -2.28. The Bertz CT molecular complexity index is 1570. The highest BCUT2D eigenvalue weighted by atomic mass is 35.5. The van der Waals surface area contributed by atoms with Gasteiger partial charge in [-0.15, -0.1) is 0 Å². The van der Waals surface area contributed by atoms with Gasteiger partial charge in [0.15, 0.2) is 5.78 Å². The largest absolute Gasteiger partial charge is 0.445 e. The van der Waals surface area contributed by atoms with Gasteiger partial charge in [0.05, 0.1) is 0 Å². The van der Waals surface area contributed by atoms with Crippen molar-refractivity contribution in [2.45, 2.75) is 32.0 Å². The second kappa shape index (κ2) is 14.8. The molecule has 0 aromatic heterocycles. The number of amides is 3. The number of hydrogen-bond acceptors (Lipinski definition) is 6. The molecule has 2 atom stereocenters. The molecule has 0 aliphatic heterocycles. The molecule has 0 bridgehead atoms. The van der Waals surface area contributed by atoms with Crippen molar-refractivity contribution in [1.29, 1.82) is 0 Å². The maximum atomic E-state index is 13.3. The molecule has 0 saturated heterocycles. The van der Waals surface area contributed by atoms with Gasteiger partial charge in [0.25, 0.3) is 0 Å². The van der Waals surface area contributed by atoms with Crippen LogP contribution in [-0.4, -0.2) is 42.8 Å². The van der Waals surface area contributed by atoms with Crippen LogP contribution in [0.15, 0.2) is 109 Å².